The Morgan fingerprint density at radius 2 is 1.75 bits per heavy atom. The SMILES string of the molecule is CCC(CC)CCC(Cl)COC. The minimum atomic E-state index is 0.204. The summed E-state index contributed by atoms with van der Waals surface area (Å²) in [6.45, 7) is 5.17. The van der Waals surface area contributed by atoms with E-state index in [1.54, 1.807) is 7.11 Å². The zero-order chi connectivity index (χ0) is 9.40. The van der Waals surface area contributed by atoms with Crippen molar-refractivity contribution in [2.75, 3.05) is 13.7 Å². The molecule has 1 unspecified atom stereocenters. The van der Waals surface area contributed by atoms with Crippen LogP contribution in [0.2, 0.25) is 0 Å². The maximum atomic E-state index is 6.01. The molecule has 0 aliphatic carbocycles. The van der Waals surface area contributed by atoms with Gasteiger partial charge in [-0.2, -0.15) is 0 Å². The molecule has 0 N–H and O–H groups in total. The third kappa shape index (κ3) is 5.84. The molecular formula is C10H21ClO. The van der Waals surface area contributed by atoms with Crippen LogP contribution in [0.15, 0.2) is 0 Å². The summed E-state index contributed by atoms with van der Waals surface area (Å²) in [6, 6.07) is 0. The predicted octanol–water partition coefficient (Wildman–Crippen LogP) is 3.46. The molecule has 1 nitrogen and oxygen atoms in total. The molecular weight excluding hydrogens is 172 g/mol. The summed E-state index contributed by atoms with van der Waals surface area (Å²) in [5, 5.41) is 0.204. The maximum Gasteiger partial charge on any atom is 0.0626 e. The first kappa shape index (κ1) is 12.2. The Hall–Kier alpha value is 0.250. The highest BCUT2D eigenvalue weighted by molar-refractivity contribution is 6.20. The highest BCUT2D eigenvalue weighted by Crippen LogP contribution is 2.18. The van der Waals surface area contributed by atoms with Crippen molar-refractivity contribution in [3.63, 3.8) is 0 Å². The molecule has 0 aliphatic rings. The molecule has 2 heteroatoms. The van der Waals surface area contributed by atoms with Crippen molar-refractivity contribution in [1.82, 2.24) is 0 Å². The standard InChI is InChI=1S/C10H21ClO/c1-4-9(5-2)6-7-10(11)8-12-3/h9-10H,4-8H2,1-3H3. The number of halogens is 1. The van der Waals surface area contributed by atoms with E-state index >= 15 is 0 Å². The first-order valence-electron chi connectivity index (χ1n) is 4.87. The average molecular weight is 193 g/mol. The summed E-state index contributed by atoms with van der Waals surface area (Å²) in [7, 11) is 1.70. The number of rotatable bonds is 7. The second kappa shape index (κ2) is 7.88. The monoisotopic (exact) mass is 192 g/mol. The molecule has 0 spiro atoms. The molecule has 0 saturated heterocycles. The van der Waals surface area contributed by atoms with Crippen LogP contribution in [0.25, 0.3) is 0 Å². The molecule has 0 saturated carbocycles. The van der Waals surface area contributed by atoms with Crippen molar-refractivity contribution >= 4 is 11.6 Å². The van der Waals surface area contributed by atoms with Gasteiger partial charge in [-0.05, 0) is 18.8 Å². The quantitative estimate of drug-likeness (QED) is 0.562. The summed E-state index contributed by atoms with van der Waals surface area (Å²) < 4.78 is 4.97. The van der Waals surface area contributed by atoms with Gasteiger partial charge in [0.2, 0.25) is 0 Å². The lowest BCUT2D eigenvalue weighted by Crippen LogP contribution is -2.09. The van der Waals surface area contributed by atoms with Crippen molar-refractivity contribution < 1.29 is 4.74 Å². The second-order valence-electron chi connectivity index (χ2n) is 3.31. The van der Waals surface area contributed by atoms with Crippen LogP contribution in [0.4, 0.5) is 0 Å². The van der Waals surface area contributed by atoms with Crippen LogP contribution in [0.3, 0.4) is 0 Å². The van der Waals surface area contributed by atoms with Gasteiger partial charge in [0.25, 0.3) is 0 Å². The van der Waals surface area contributed by atoms with E-state index in [1.807, 2.05) is 0 Å². The fourth-order valence-corrected chi connectivity index (χ4v) is 1.63. The van der Waals surface area contributed by atoms with Crippen LogP contribution in [-0.2, 0) is 4.74 Å². The molecule has 0 fully saturated rings. The zero-order valence-electron chi connectivity index (χ0n) is 8.48. The third-order valence-electron chi connectivity index (χ3n) is 2.39. The van der Waals surface area contributed by atoms with Gasteiger partial charge in [-0.25, -0.2) is 0 Å². The van der Waals surface area contributed by atoms with E-state index < -0.39 is 0 Å². The molecule has 0 aliphatic heterocycles. The van der Waals surface area contributed by atoms with E-state index in [0.717, 1.165) is 12.3 Å². The molecule has 12 heavy (non-hydrogen) atoms. The third-order valence-corrected chi connectivity index (χ3v) is 2.73. The van der Waals surface area contributed by atoms with Gasteiger partial charge in [-0.15, -0.1) is 11.6 Å². The summed E-state index contributed by atoms with van der Waals surface area (Å²) in [4.78, 5) is 0. The van der Waals surface area contributed by atoms with Crippen molar-refractivity contribution in [3.05, 3.63) is 0 Å². The smallest absolute Gasteiger partial charge is 0.0626 e. The Kier molecular flexibility index (Phi) is 8.04. The fraction of sp³-hybridized carbons (Fsp3) is 1.00. The highest BCUT2D eigenvalue weighted by Gasteiger charge is 2.08. The molecule has 0 rings (SSSR count). The van der Waals surface area contributed by atoms with Crippen LogP contribution < -0.4 is 0 Å². The van der Waals surface area contributed by atoms with Crippen LogP contribution in [-0.4, -0.2) is 19.1 Å². The maximum absolute atomic E-state index is 6.01. The van der Waals surface area contributed by atoms with Gasteiger partial charge in [0.05, 0.1) is 12.0 Å². The lowest BCUT2D eigenvalue weighted by Gasteiger charge is -2.14. The molecule has 0 aromatic heterocycles. The fourth-order valence-electron chi connectivity index (χ4n) is 1.38. The molecule has 0 bridgehead atoms. The molecule has 0 aromatic rings. The molecule has 0 amide bonds. The van der Waals surface area contributed by atoms with Gasteiger partial charge >= 0.3 is 0 Å². The molecule has 0 radical (unpaired) electrons. The van der Waals surface area contributed by atoms with E-state index in [2.05, 4.69) is 13.8 Å². The van der Waals surface area contributed by atoms with Gasteiger partial charge in [0.15, 0.2) is 0 Å². The van der Waals surface area contributed by atoms with Gasteiger partial charge < -0.3 is 4.74 Å². The first-order valence-corrected chi connectivity index (χ1v) is 5.31. The number of hydrogen-bond acceptors (Lipinski definition) is 1. The number of methoxy groups -OCH3 is 1. The van der Waals surface area contributed by atoms with E-state index in [4.69, 9.17) is 16.3 Å². The summed E-state index contributed by atoms with van der Waals surface area (Å²) >= 11 is 6.01. The average Bonchev–Trinajstić information content (AvgIpc) is 2.07. The van der Waals surface area contributed by atoms with Crippen LogP contribution in [0.5, 0.6) is 0 Å². The van der Waals surface area contributed by atoms with Crippen LogP contribution >= 0.6 is 11.6 Å². The largest absolute Gasteiger partial charge is 0.383 e. The van der Waals surface area contributed by atoms with Gasteiger partial charge in [0, 0.05) is 7.11 Å². The van der Waals surface area contributed by atoms with E-state index in [9.17, 15) is 0 Å². The predicted molar refractivity (Wildman–Crippen MR) is 54.8 cm³/mol. The Labute approximate surface area is 81.4 Å². The van der Waals surface area contributed by atoms with Gasteiger partial charge in [-0.1, -0.05) is 26.7 Å². The Morgan fingerprint density at radius 1 is 1.17 bits per heavy atom. The normalized spacial score (nSPS) is 13.8. The van der Waals surface area contributed by atoms with Crippen molar-refractivity contribution in [2.24, 2.45) is 5.92 Å². The lowest BCUT2D eigenvalue weighted by atomic mass is 9.97. The molecule has 1 atom stereocenters. The van der Waals surface area contributed by atoms with Crippen LogP contribution in [0, 0.1) is 5.92 Å². The van der Waals surface area contributed by atoms with E-state index in [-0.39, 0.29) is 5.38 Å². The summed E-state index contributed by atoms with van der Waals surface area (Å²) in [6.07, 6.45) is 4.87. The van der Waals surface area contributed by atoms with E-state index in [1.165, 1.54) is 19.3 Å². The Bertz CT molecular complexity index is 91.8. The topological polar surface area (TPSA) is 9.23 Å². The van der Waals surface area contributed by atoms with Crippen molar-refractivity contribution in [2.45, 2.75) is 44.9 Å². The van der Waals surface area contributed by atoms with Crippen molar-refractivity contribution in [1.29, 1.82) is 0 Å². The second-order valence-corrected chi connectivity index (χ2v) is 3.93. The summed E-state index contributed by atoms with van der Waals surface area (Å²) in [5.41, 5.74) is 0. The van der Waals surface area contributed by atoms with E-state index in [0.29, 0.717) is 6.61 Å². The van der Waals surface area contributed by atoms with Gasteiger partial charge in [-0.3, -0.25) is 0 Å². The summed E-state index contributed by atoms with van der Waals surface area (Å²) in [5.74, 6) is 0.850. The number of ether oxygens (including phenoxy) is 1. The molecule has 0 heterocycles. The Morgan fingerprint density at radius 3 is 2.17 bits per heavy atom. The number of hydrogen-bond donors (Lipinski definition) is 0. The molecule has 74 valence electrons. The zero-order valence-corrected chi connectivity index (χ0v) is 9.23. The number of alkyl halides is 1. The van der Waals surface area contributed by atoms with Gasteiger partial charge in [0.1, 0.15) is 0 Å². The molecule has 0 aromatic carbocycles. The van der Waals surface area contributed by atoms with Crippen LogP contribution in [0.1, 0.15) is 39.5 Å². The Balaban J connectivity index is 3.37. The first-order chi connectivity index (χ1) is 5.74. The minimum Gasteiger partial charge on any atom is -0.383 e. The van der Waals surface area contributed by atoms with Crippen molar-refractivity contribution in [3.8, 4) is 0 Å². The highest BCUT2D eigenvalue weighted by atomic mass is 35.5. The minimum absolute atomic E-state index is 0.204. The lowest BCUT2D eigenvalue weighted by molar-refractivity contribution is 0.192.